The summed E-state index contributed by atoms with van der Waals surface area (Å²) >= 11 is 5.90. The van der Waals surface area contributed by atoms with E-state index in [4.69, 9.17) is 11.6 Å². The van der Waals surface area contributed by atoms with Gasteiger partial charge in [-0.2, -0.15) is 0 Å². The Balaban J connectivity index is 1.65. The van der Waals surface area contributed by atoms with Crippen LogP contribution in [0.15, 0.2) is 30.3 Å². The van der Waals surface area contributed by atoms with Crippen molar-refractivity contribution < 1.29 is 4.79 Å². The van der Waals surface area contributed by atoms with E-state index in [1.165, 1.54) is 18.4 Å². The molecule has 20 heavy (non-hydrogen) atoms. The summed E-state index contributed by atoms with van der Waals surface area (Å²) in [6.07, 6.45) is 5.83. The molecule has 0 heterocycles. The third kappa shape index (κ3) is 2.85. The number of hydrogen-bond donors (Lipinski definition) is 0. The smallest absolute Gasteiger partial charge is 0.226 e. The van der Waals surface area contributed by atoms with E-state index in [1.807, 2.05) is 6.07 Å². The normalized spacial score (nSPS) is 25.6. The van der Waals surface area contributed by atoms with Crippen LogP contribution in [0.5, 0.6) is 0 Å². The lowest BCUT2D eigenvalue weighted by atomic mass is 10.1. The Morgan fingerprint density at radius 3 is 2.55 bits per heavy atom. The lowest BCUT2D eigenvalue weighted by Crippen LogP contribution is -2.41. The van der Waals surface area contributed by atoms with E-state index in [2.05, 4.69) is 29.2 Å². The molecule has 108 valence electrons. The van der Waals surface area contributed by atoms with Gasteiger partial charge in [-0.3, -0.25) is 4.79 Å². The summed E-state index contributed by atoms with van der Waals surface area (Å²) in [6, 6.07) is 10.9. The molecule has 2 aliphatic carbocycles. The fourth-order valence-electron chi connectivity index (χ4n) is 3.53. The van der Waals surface area contributed by atoms with E-state index in [1.54, 1.807) is 0 Å². The number of alkyl halides is 1. The van der Waals surface area contributed by atoms with Crippen LogP contribution in [0, 0.1) is 5.92 Å². The maximum atomic E-state index is 12.7. The van der Waals surface area contributed by atoms with Crippen molar-refractivity contribution in [2.75, 3.05) is 12.4 Å². The van der Waals surface area contributed by atoms with Crippen LogP contribution < -0.4 is 0 Å². The topological polar surface area (TPSA) is 20.3 Å². The number of hydrogen-bond acceptors (Lipinski definition) is 1. The first-order valence-corrected chi connectivity index (χ1v) is 8.26. The Kier molecular flexibility index (Phi) is 4.30. The van der Waals surface area contributed by atoms with Gasteiger partial charge in [0.05, 0.1) is 0 Å². The van der Waals surface area contributed by atoms with E-state index in [0.717, 1.165) is 19.3 Å². The monoisotopic (exact) mass is 291 g/mol. The van der Waals surface area contributed by atoms with Crippen LogP contribution in [0.2, 0.25) is 0 Å². The molecule has 1 amide bonds. The van der Waals surface area contributed by atoms with Gasteiger partial charge in [0.1, 0.15) is 0 Å². The summed E-state index contributed by atoms with van der Waals surface area (Å²) in [7, 11) is 0. The number of benzene rings is 1. The second kappa shape index (κ2) is 6.17. The molecule has 2 saturated carbocycles. The van der Waals surface area contributed by atoms with Crippen LogP contribution in [0.4, 0.5) is 0 Å². The van der Waals surface area contributed by atoms with Crippen molar-refractivity contribution in [1.82, 2.24) is 4.90 Å². The largest absolute Gasteiger partial charge is 0.338 e. The van der Waals surface area contributed by atoms with E-state index in [0.29, 0.717) is 30.3 Å². The lowest BCUT2D eigenvalue weighted by Gasteiger charge is -2.28. The maximum absolute atomic E-state index is 12.7. The van der Waals surface area contributed by atoms with Crippen molar-refractivity contribution in [3.05, 3.63) is 35.9 Å². The van der Waals surface area contributed by atoms with Crippen molar-refractivity contribution in [2.24, 2.45) is 5.92 Å². The minimum atomic E-state index is 0.196. The van der Waals surface area contributed by atoms with Crippen molar-refractivity contribution in [2.45, 2.75) is 44.1 Å². The first-order chi connectivity index (χ1) is 9.81. The van der Waals surface area contributed by atoms with Gasteiger partial charge in [0.25, 0.3) is 0 Å². The van der Waals surface area contributed by atoms with Crippen LogP contribution in [-0.4, -0.2) is 29.3 Å². The van der Waals surface area contributed by atoms with Crippen LogP contribution in [0.25, 0.3) is 0 Å². The van der Waals surface area contributed by atoms with E-state index in [9.17, 15) is 4.79 Å². The van der Waals surface area contributed by atoms with Gasteiger partial charge in [0.15, 0.2) is 0 Å². The summed E-state index contributed by atoms with van der Waals surface area (Å²) in [6.45, 7) is 0.711. The highest BCUT2D eigenvalue weighted by atomic mass is 35.5. The fourth-order valence-corrected chi connectivity index (χ4v) is 3.71. The molecule has 0 aliphatic heterocycles. The van der Waals surface area contributed by atoms with Gasteiger partial charge in [-0.05, 0) is 30.7 Å². The SMILES string of the molecule is O=C(C1CC1c1ccccc1)N(CCCl)C1CCCC1. The first kappa shape index (κ1) is 13.9. The number of amides is 1. The predicted molar refractivity (Wildman–Crippen MR) is 82.0 cm³/mol. The van der Waals surface area contributed by atoms with E-state index in [-0.39, 0.29) is 5.92 Å². The zero-order chi connectivity index (χ0) is 13.9. The second-order valence-corrected chi connectivity index (χ2v) is 6.40. The summed E-state index contributed by atoms with van der Waals surface area (Å²) in [4.78, 5) is 14.8. The highest BCUT2D eigenvalue weighted by Crippen LogP contribution is 2.49. The highest BCUT2D eigenvalue weighted by Gasteiger charge is 2.46. The van der Waals surface area contributed by atoms with Crippen LogP contribution in [-0.2, 0) is 4.79 Å². The highest BCUT2D eigenvalue weighted by molar-refractivity contribution is 6.18. The molecule has 0 saturated heterocycles. The Hall–Kier alpha value is -1.02. The molecule has 2 atom stereocenters. The molecular weight excluding hydrogens is 270 g/mol. The maximum Gasteiger partial charge on any atom is 0.226 e. The standard InChI is InChI=1S/C17H22ClNO/c18-10-11-19(14-8-4-5-9-14)17(20)16-12-15(16)13-6-2-1-3-7-13/h1-3,6-7,14-16H,4-5,8-12H2. The minimum absolute atomic E-state index is 0.196. The Bertz CT molecular complexity index is 455. The predicted octanol–water partition coefficient (Wildman–Crippen LogP) is 3.80. The molecule has 0 bridgehead atoms. The molecule has 0 radical (unpaired) electrons. The summed E-state index contributed by atoms with van der Waals surface area (Å²) in [5.74, 6) is 1.51. The molecule has 1 aromatic carbocycles. The zero-order valence-electron chi connectivity index (χ0n) is 11.8. The van der Waals surface area contributed by atoms with Crippen molar-refractivity contribution >= 4 is 17.5 Å². The van der Waals surface area contributed by atoms with Gasteiger partial charge >= 0.3 is 0 Å². The molecule has 0 spiro atoms. The van der Waals surface area contributed by atoms with Crippen molar-refractivity contribution in [3.63, 3.8) is 0 Å². The van der Waals surface area contributed by atoms with Gasteiger partial charge in [-0.1, -0.05) is 43.2 Å². The van der Waals surface area contributed by atoms with Gasteiger partial charge in [0, 0.05) is 24.4 Å². The fraction of sp³-hybridized carbons (Fsp3) is 0.588. The second-order valence-electron chi connectivity index (χ2n) is 6.02. The van der Waals surface area contributed by atoms with Crippen LogP contribution in [0.1, 0.15) is 43.6 Å². The van der Waals surface area contributed by atoms with Gasteiger partial charge in [-0.15, -0.1) is 11.6 Å². The Morgan fingerprint density at radius 2 is 1.90 bits per heavy atom. The molecule has 2 fully saturated rings. The van der Waals surface area contributed by atoms with Crippen molar-refractivity contribution in [1.29, 1.82) is 0 Å². The number of halogens is 1. The molecule has 0 aromatic heterocycles. The quantitative estimate of drug-likeness (QED) is 0.756. The molecule has 2 aliphatic rings. The Morgan fingerprint density at radius 1 is 1.20 bits per heavy atom. The molecular formula is C17H22ClNO. The zero-order valence-corrected chi connectivity index (χ0v) is 12.6. The first-order valence-electron chi connectivity index (χ1n) is 7.72. The molecule has 0 N–H and O–H groups in total. The van der Waals surface area contributed by atoms with Gasteiger partial charge in [0.2, 0.25) is 5.91 Å². The molecule has 1 aromatic rings. The summed E-state index contributed by atoms with van der Waals surface area (Å²) in [5.41, 5.74) is 1.31. The summed E-state index contributed by atoms with van der Waals surface area (Å²) < 4.78 is 0. The third-order valence-electron chi connectivity index (χ3n) is 4.71. The molecule has 2 unspecified atom stereocenters. The third-order valence-corrected chi connectivity index (χ3v) is 4.88. The van der Waals surface area contributed by atoms with Crippen LogP contribution >= 0.6 is 11.6 Å². The number of carbonyl (C=O) groups is 1. The molecule has 2 nitrogen and oxygen atoms in total. The number of nitrogens with zero attached hydrogens (tertiary/aromatic N) is 1. The van der Waals surface area contributed by atoms with Crippen LogP contribution in [0.3, 0.4) is 0 Å². The Labute approximate surface area is 126 Å². The average molecular weight is 292 g/mol. The number of carbonyl (C=O) groups excluding carboxylic acids is 1. The van der Waals surface area contributed by atoms with Crippen molar-refractivity contribution in [3.8, 4) is 0 Å². The molecule has 3 rings (SSSR count). The average Bonchev–Trinajstić information content (AvgIpc) is 3.11. The lowest BCUT2D eigenvalue weighted by molar-refractivity contribution is -0.134. The van der Waals surface area contributed by atoms with Gasteiger partial charge in [-0.25, -0.2) is 0 Å². The van der Waals surface area contributed by atoms with E-state index < -0.39 is 0 Å². The number of rotatable bonds is 5. The minimum Gasteiger partial charge on any atom is -0.338 e. The van der Waals surface area contributed by atoms with Gasteiger partial charge < -0.3 is 4.90 Å². The summed E-state index contributed by atoms with van der Waals surface area (Å²) in [5, 5.41) is 0. The van der Waals surface area contributed by atoms with E-state index >= 15 is 0 Å². The molecule has 3 heteroatoms.